The molecular weight excluding hydrogens is 615 g/mol. The lowest BCUT2D eigenvalue weighted by molar-refractivity contribution is 0.668. The standard InChI is InChI=1S/C45H25N3O2/c1-2-11-30-26(9-1)19-20-28-25-29(21-23-31(28)30)43-46-44(48-45(47-43)35-15-8-18-38-41(35)32-12-3-5-16-36(32)49-38)34-14-7-10-27-22-24-39-42(40(27)34)33-13-4-6-17-37(33)50-39/h1-25H. The molecule has 0 amide bonds. The zero-order valence-electron chi connectivity index (χ0n) is 26.6. The van der Waals surface area contributed by atoms with Crippen molar-refractivity contribution in [3.8, 4) is 34.2 Å². The number of hydrogen-bond donors (Lipinski definition) is 0. The van der Waals surface area contributed by atoms with Gasteiger partial charge in [-0.1, -0.05) is 121 Å². The molecule has 11 rings (SSSR count). The van der Waals surface area contributed by atoms with E-state index in [1.807, 2.05) is 42.5 Å². The van der Waals surface area contributed by atoms with E-state index < -0.39 is 0 Å². The molecule has 0 N–H and O–H groups in total. The van der Waals surface area contributed by atoms with Gasteiger partial charge < -0.3 is 8.83 Å². The molecule has 11 aromatic rings. The first-order valence-electron chi connectivity index (χ1n) is 16.7. The molecule has 5 heteroatoms. The minimum atomic E-state index is 0.585. The maximum absolute atomic E-state index is 6.33. The average molecular weight is 640 g/mol. The Hall–Kier alpha value is -6.85. The van der Waals surface area contributed by atoms with Crippen LogP contribution in [0.3, 0.4) is 0 Å². The largest absolute Gasteiger partial charge is 0.456 e. The molecule has 232 valence electrons. The van der Waals surface area contributed by atoms with Crippen molar-refractivity contribution >= 4 is 76.2 Å². The molecule has 0 saturated carbocycles. The van der Waals surface area contributed by atoms with Gasteiger partial charge in [0.15, 0.2) is 17.5 Å². The monoisotopic (exact) mass is 639 g/mol. The molecule has 0 unspecified atom stereocenters. The van der Waals surface area contributed by atoms with E-state index in [1.165, 1.54) is 16.2 Å². The summed E-state index contributed by atoms with van der Waals surface area (Å²) < 4.78 is 12.6. The van der Waals surface area contributed by atoms with E-state index >= 15 is 0 Å². The molecule has 0 aliphatic heterocycles. The SMILES string of the molecule is c1ccc2c(c1)ccc1cc(-c3nc(-c4cccc5oc6ccccc6c45)nc(-c4cccc5ccc6oc7ccccc7c6c45)n3)ccc12. The van der Waals surface area contributed by atoms with Crippen LogP contribution in [0.2, 0.25) is 0 Å². The Morgan fingerprint density at radius 1 is 0.320 bits per heavy atom. The fourth-order valence-corrected chi connectivity index (χ4v) is 7.64. The van der Waals surface area contributed by atoms with Crippen molar-refractivity contribution in [2.75, 3.05) is 0 Å². The summed E-state index contributed by atoms with van der Waals surface area (Å²) in [5.41, 5.74) is 6.03. The molecule has 0 saturated heterocycles. The Balaban J connectivity index is 1.22. The van der Waals surface area contributed by atoms with Crippen LogP contribution in [-0.2, 0) is 0 Å². The van der Waals surface area contributed by atoms with Crippen molar-refractivity contribution in [2.24, 2.45) is 0 Å². The van der Waals surface area contributed by atoms with E-state index in [0.29, 0.717) is 17.5 Å². The number of nitrogens with zero attached hydrogens (tertiary/aromatic N) is 3. The molecule has 3 heterocycles. The minimum absolute atomic E-state index is 0.585. The number of rotatable bonds is 3. The average Bonchev–Trinajstić information content (AvgIpc) is 3.76. The summed E-state index contributed by atoms with van der Waals surface area (Å²) in [5, 5.41) is 11.0. The number of furan rings is 2. The van der Waals surface area contributed by atoms with Crippen molar-refractivity contribution in [1.82, 2.24) is 15.0 Å². The van der Waals surface area contributed by atoms with E-state index in [0.717, 1.165) is 76.7 Å². The molecule has 50 heavy (non-hydrogen) atoms. The van der Waals surface area contributed by atoms with Crippen LogP contribution in [0.4, 0.5) is 0 Å². The quantitative estimate of drug-likeness (QED) is 0.180. The summed E-state index contributed by atoms with van der Waals surface area (Å²) in [6.07, 6.45) is 0. The van der Waals surface area contributed by atoms with Gasteiger partial charge in [-0.2, -0.15) is 0 Å². The topological polar surface area (TPSA) is 65.0 Å². The lowest BCUT2D eigenvalue weighted by Gasteiger charge is -2.12. The Labute approximate surface area is 285 Å². The highest BCUT2D eigenvalue weighted by Gasteiger charge is 2.20. The summed E-state index contributed by atoms with van der Waals surface area (Å²) in [6.45, 7) is 0. The number of benzene rings is 8. The molecule has 3 aromatic heterocycles. The predicted molar refractivity (Wildman–Crippen MR) is 203 cm³/mol. The van der Waals surface area contributed by atoms with Crippen LogP contribution in [-0.4, -0.2) is 15.0 Å². The molecular formula is C45H25N3O2. The van der Waals surface area contributed by atoms with Gasteiger partial charge in [0.25, 0.3) is 0 Å². The first-order valence-corrected chi connectivity index (χ1v) is 16.7. The van der Waals surface area contributed by atoms with Crippen LogP contribution >= 0.6 is 0 Å². The maximum Gasteiger partial charge on any atom is 0.164 e. The maximum atomic E-state index is 6.33. The van der Waals surface area contributed by atoms with E-state index in [-0.39, 0.29) is 0 Å². The number of aromatic nitrogens is 3. The second-order valence-electron chi connectivity index (χ2n) is 12.7. The van der Waals surface area contributed by atoms with Crippen molar-refractivity contribution < 1.29 is 8.83 Å². The lowest BCUT2D eigenvalue weighted by Crippen LogP contribution is -2.01. The third-order valence-corrected chi connectivity index (χ3v) is 9.91. The lowest BCUT2D eigenvalue weighted by atomic mass is 9.98. The molecule has 0 aliphatic rings. The van der Waals surface area contributed by atoms with Crippen molar-refractivity contribution in [3.05, 3.63) is 152 Å². The minimum Gasteiger partial charge on any atom is -0.456 e. The molecule has 0 radical (unpaired) electrons. The second kappa shape index (κ2) is 10.3. The van der Waals surface area contributed by atoms with Gasteiger partial charge in [0.2, 0.25) is 0 Å². The fraction of sp³-hybridized carbons (Fsp3) is 0. The second-order valence-corrected chi connectivity index (χ2v) is 12.7. The van der Waals surface area contributed by atoms with Gasteiger partial charge in [-0.25, -0.2) is 15.0 Å². The van der Waals surface area contributed by atoms with Crippen molar-refractivity contribution in [3.63, 3.8) is 0 Å². The van der Waals surface area contributed by atoms with E-state index in [2.05, 4.69) is 109 Å². The molecule has 8 aromatic carbocycles. The predicted octanol–water partition coefficient (Wildman–Crippen LogP) is 12.1. The van der Waals surface area contributed by atoms with Crippen LogP contribution in [0, 0.1) is 0 Å². The first-order chi connectivity index (χ1) is 24.8. The van der Waals surface area contributed by atoms with E-state index in [1.54, 1.807) is 0 Å². The Morgan fingerprint density at radius 3 is 1.66 bits per heavy atom. The smallest absolute Gasteiger partial charge is 0.164 e. The van der Waals surface area contributed by atoms with Crippen molar-refractivity contribution in [1.29, 1.82) is 0 Å². The van der Waals surface area contributed by atoms with Crippen LogP contribution < -0.4 is 0 Å². The molecule has 0 bridgehead atoms. The van der Waals surface area contributed by atoms with E-state index in [4.69, 9.17) is 23.8 Å². The van der Waals surface area contributed by atoms with Crippen LogP contribution in [0.1, 0.15) is 0 Å². The molecule has 0 atom stereocenters. The zero-order chi connectivity index (χ0) is 32.8. The van der Waals surface area contributed by atoms with E-state index in [9.17, 15) is 0 Å². The van der Waals surface area contributed by atoms with Gasteiger partial charge >= 0.3 is 0 Å². The van der Waals surface area contributed by atoms with Crippen LogP contribution in [0.15, 0.2) is 160 Å². The Bertz CT molecular complexity index is 3170. The molecule has 0 spiro atoms. The third-order valence-electron chi connectivity index (χ3n) is 9.91. The molecule has 0 aliphatic carbocycles. The van der Waals surface area contributed by atoms with Gasteiger partial charge in [-0.3, -0.25) is 0 Å². The molecule has 5 nitrogen and oxygen atoms in total. The summed E-state index contributed by atoms with van der Waals surface area (Å²) >= 11 is 0. The zero-order valence-corrected chi connectivity index (χ0v) is 26.6. The van der Waals surface area contributed by atoms with Gasteiger partial charge in [-0.05, 0) is 57.3 Å². The van der Waals surface area contributed by atoms with Gasteiger partial charge in [-0.15, -0.1) is 0 Å². The fourth-order valence-electron chi connectivity index (χ4n) is 7.64. The normalized spacial score (nSPS) is 12.0. The molecule has 0 fully saturated rings. The van der Waals surface area contributed by atoms with Gasteiger partial charge in [0.05, 0.1) is 0 Å². The Morgan fingerprint density at radius 2 is 0.860 bits per heavy atom. The summed E-state index contributed by atoms with van der Waals surface area (Å²) in [6, 6.07) is 52.2. The van der Waals surface area contributed by atoms with Crippen molar-refractivity contribution in [2.45, 2.75) is 0 Å². The summed E-state index contributed by atoms with van der Waals surface area (Å²) in [7, 11) is 0. The van der Waals surface area contributed by atoms with Crippen LogP contribution in [0.25, 0.3) is 110 Å². The highest BCUT2D eigenvalue weighted by atomic mass is 16.3. The summed E-state index contributed by atoms with van der Waals surface area (Å²) in [5.74, 6) is 1.78. The van der Waals surface area contributed by atoms with Gasteiger partial charge in [0.1, 0.15) is 22.3 Å². The summed E-state index contributed by atoms with van der Waals surface area (Å²) in [4.78, 5) is 15.7. The highest BCUT2D eigenvalue weighted by Crippen LogP contribution is 2.41. The third kappa shape index (κ3) is 3.98. The van der Waals surface area contributed by atoms with Crippen LogP contribution in [0.5, 0.6) is 0 Å². The Kier molecular flexibility index (Phi) is 5.60. The first kappa shape index (κ1) is 27.1. The number of hydrogen-bond acceptors (Lipinski definition) is 5. The number of fused-ring (bicyclic) bond motifs is 11. The number of para-hydroxylation sites is 2. The highest BCUT2D eigenvalue weighted by molar-refractivity contribution is 6.22. The van der Waals surface area contributed by atoms with Gasteiger partial charge in [0, 0.05) is 43.6 Å².